The summed E-state index contributed by atoms with van der Waals surface area (Å²) < 4.78 is 57.0. The predicted molar refractivity (Wildman–Crippen MR) is 72.3 cm³/mol. The number of hydrogen-bond donors (Lipinski definition) is 2. The Kier molecular flexibility index (Phi) is 3.80. The lowest BCUT2D eigenvalue weighted by molar-refractivity contribution is 0.483. The number of hydrogen-bond acceptors (Lipinski definition) is 4. The minimum absolute atomic E-state index is 0.113. The van der Waals surface area contributed by atoms with Crippen molar-refractivity contribution in [2.24, 2.45) is 0 Å². The van der Waals surface area contributed by atoms with Crippen molar-refractivity contribution in [1.29, 1.82) is 0 Å². The lowest BCUT2D eigenvalue weighted by Gasteiger charge is -2.08. The third-order valence-corrected chi connectivity index (χ3v) is 4.67. The average Bonchev–Trinajstić information content (AvgIpc) is 2.38. The van der Waals surface area contributed by atoms with Crippen LogP contribution in [0.4, 0.5) is 5.69 Å². The second-order valence-corrected chi connectivity index (χ2v) is 6.94. The molecule has 0 aliphatic carbocycles. The zero-order valence-corrected chi connectivity index (χ0v) is 11.6. The molecule has 0 saturated carbocycles. The molecule has 2 rings (SSSR count). The van der Waals surface area contributed by atoms with Crippen LogP contribution in [-0.2, 0) is 20.1 Å². The van der Waals surface area contributed by atoms with Crippen LogP contribution >= 0.6 is 0 Å². The third-order valence-electron chi connectivity index (χ3n) is 2.40. The van der Waals surface area contributed by atoms with E-state index in [9.17, 15) is 16.8 Å². The topological polar surface area (TPSA) is 101 Å². The summed E-state index contributed by atoms with van der Waals surface area (Å²) in [5.74, 6) is 0. The molecule has 0 unspecified atom stereocenters. The Balaban J connectivity index is 2.31. The Hall–Kier alpha value is -1.90. The van der Waals surface area contributed by atoms with Gasteiger partial charge in [0, 0.05) is 5.69 Å². The van der Waals surface area contributed by atoms with E-state index < -0.39 is 20.1 Å². The zero-order valence-electron chi connectivity index (χ0n) is 10.0. The molecule has 0 aliphatic heterocycles. The van der Waals surface area contributed by atoms with Crippen LogP contribution in [0, 0.1) is 6.07 Å². The van der Waals surface area contributed by atoms with Crippen LogP contribution < -0.4 is 4.72 Å². The summed E-state index contributed by atoms with van der Waals surface area (Å²) in [6.45, 7) is 0. The Morgan fingerprint density at radius 3 is 1.85 bits per heavy atom. The standard InChI is InChI=1S/C12H10NO5S2/c14-19(15,13-10-4-2-1-3-5-10)11-6-8-12(9-7-11)20(16,17)18/h2-9,13H,(H,16,17,18). The molecule has 0 atom stereocenters. The van der Waals surface area contributed by atoms with Crippen molar-refractivity contribution < 1.29 is 21.4 Å². The fraction of sp³-hybridized carbons (Fsp3) is 0. The van der Waals surface area contributed by atoms with Gasteiger partial charge < -0.3 is 0 Å². The Morgan fingerprint density at radius 1 is 0.850 bits per heavy atom. The largest absolute Gasteiger partial charge is 0.294 e. The summed E-state index contributed by atoms with van der Waals surface area (Å²) in [5.41, 5.74) is 0.364. The van der Waals surface area contributed by atoms with Crippen molar-refractivity contribution in [1.82, 2.24) is 0 Å². The van der Waals surface area contributed by atoms with Gasteiger partial charge in [-0.25, -0.2) is 8.42 Å². The second kappa shape index (κ2) is 5.23. The number of benzene rings is 2. The average molecular weight is 312 g/mol. The number of sulfonamides is 1. The molecule has 8 heteroatoms. The van der Waals surface area contributed by atoms with Crippen molar-refractivity contribution in [3.63, 3.8) is 0 Å². The van der Waals surface area contributed by atoms with Crippen molar-refractivity contribution >= 4 is 25.8 Å². The van der Waals surface area contributed by atoms with E-state index in [1.807, 2.05) is 0 Å². The van der Waals surface area contributed by atoms with Crippen LogP contribution in [0.25, 0.3) is 0 Å². The van der Waals surface area contributed by atoms with Gasteiger partial charge in [-0.2, -0.15) is 8.42 Å². The number of anilines is 1. The highest BCUT2D eigenvalue weighted by Crippen LogP contribution is 2.17. The van der Waals surface area contributed by atoms with Crippen molar-refractivity contribution in [3.8, 4) is 0 Å². The monoisotopic (exact) mass is 312 g/mol. The summed E-state index contributed by atoms with van der Waals surface area (Å²) in [4.78, 5) is -0.483. The first kappa shape index (κ1) is 14.5. The highest BCUT2D eigenvalue weighted by atomic mass is 32.2. The van der Waals surface area contributed by atoms with Gasteiger partial charge in [-0.3, -0.25) is 9.27 Å². The van der Waals surface area contributed by atoms with E-state index in [2.05, 4.69) is 10.8 Å². The van der Waals surface area contributed by atoms with E-state index in [0.717, 1.165) is 24.3 Å². The molecule has 0 amide bonds. The molecule has 105 valence electrons. The van der Waals surface area contributed by atoms with Crippen molar-refractivity contribution in [2.45, 2.75) is 9.79 Å². The third kappa shape index (κ3) is 3.35. The predicted octanol–water partition coefficient (Wildman–Crippen LogP) is 1.53. The lowest BCUT2D eigenvalue weighted by Crippen LogP contribution is -2.13. The quantitative estimate of drug-likeness (QED) is 0.834. The molecule has 0 heterocycles. The van der Waals surface area contributed by atoms with Crippen LogP contribution in [0.2, 0.25) is 0 Å². The molecule has 6 nitrogen and oxygen atoms in total. The smallest absolute Gasteiger partial charge is 0.282 e. The molecule has 0 aromatic heterocycles. The first-order valence-electron chi connectivity index (χ1n) is 5.35. The van der Waals surface area contributed by atoms with Crippen LogP contribution in [0.1, 0.15) is 0 Å². The van der Waals surface area contributed by atoms with E-state index in [0.29, 0.717) is 5.69 Å². The molecule has 0 spiro atoms. The molecule has 0 fully saturated rings. The van der Waals surface area contributed by atoms with Crippen molar-refractivity contribution in [2.75, 3.05) is 4.72 Å². The summed E-state index contributed by atoms with van der Waals surface area (Å²) in [7, 11) is -8.16. The van der Waals surface area contributed by atoms with Gasteiger partial charge in [-0.1, -0.05) is 12.1 Å². The van der Waals surface area contributed by atoms with Gasteiger partial charge in [-0.15, -0.1) is 0 Å². The summed E-state index contributed by atoms with van der Waals surface area (Å²) in [5, 5.41) is 0. The lowest BCUT2D eigenvalue weighted by atomic mass is 10.3. The zero-order chi connectivity index (χ0) is 14.8. The highest BCUT2D eigenvalue weighted by Gasteiger charge is 2.16. The number of nitrogens with one attached hydrogen (secondary N) is 1. The molecule has 2 aromatic carbocycles. The fourth-order valence-corrected chi connectivity index (χ4v) is 3.00. The van der Waals surface area contributed by atoms with E-state index in [1.165, 1.54) is 12.1 Å². The summed E-state index contributed by atoms with van der Waals surface area (Å²) >= 11 is 0. The van der Waals surface area contributed by atoms with E-state index in [4.69, 9.17) is 4.55 Å². The number of rotatable bonds is 4. The first-order valence-corrected chi connectivity index (χ1v) is 8.28. The minimum Gasteiger partial charge on any atom is -0.282 e. The maximum atomic E-state index is 12.0. The van der Waals surface area contributed by atoms with E-state index in [-0.39, 0.29) is 9.79 Å². The molecule has 1 radical (unpaired) electrons. The molecule has 20 heavy (non-hydrogen) atoms. The minimum atomic E-state index is -4.34. The maximum Gasteiger partial charge on any atom is 0.294 e. The van der Waals surface area contributed by atoms with Gasteiger partial charge in [-0.05, 0) is 42.5 Å². The SMILES string of the molecule is O=S(=O)(O)c1ccc(S(=O)(=O)Nc2cc[c]cc2)cc1. The molecule has 0 saturated heterocycles. The summed E-state index contributed by atoms with van der Waals surface area (Å²) in [6, 6.07) is 13.2. The van der Waals surface area contributed by atoms with Gasteiger partial charge in [0.25, 0.3) is 20.1 Å². The van der Waals surface area contributed by atoms with E-state index in [1.54, 1.807) is 12.1 Å². The highest BCUT2D eigenvalue weighted by molar-refractivity contribution is 7.92. The molecule has 0 aliphatic rings. The maximum absolute atomic E-state index is 12.0. The fourth-order valence-electron chi connectivity index (χ4n) is 1.46. The van der Waals surface area contributed by atoms with Gasteiger partial charge >= 0.3 is 0 Å². The summed E-state index contributed by atoms with van der Waals surface area (Å²) in [6.07, 6.45) is 0. The molecule has 0 bridgehead atoms. The Morgan fingerprint density at radius 2 is 1.35 bits per heavy atom. The molecule has 2 aromatic rings. The van der Waals surface area contributed by atoms with Crippen LogP contribution in [0.5, 0.6) is 0 Å². The van der Waals surface area contributed by atoms with Gasteiger partial charge in [0.05, 0.1) is 9.79 Å². The first-order chi connectivity index (χ1) is 9.29. The molecule has 2 N–H and O–H groups in total. The van der Waals surface area contributed by atoms with Crippen LogP contribution in [-0.4, -0.2) is 21.4 Å². The van der Waals surface area contributed by atoms with Crippen molar-refractivity contribution in [3.05, 3.63) is 54.6 Å². The van der Waals surface area contributed by atoms with Gasteiger partial charge in [0.15, 0.2) is 0 Å². The second-order valence-electron chi connectivity index (χ2n) is 3.84. The van der Waals surface area contributed by atoms with Crippen LogP contribution in [0.15, 0.2) is 58.3 Å². The van der Waals surface area contributed by atoms with E-state index >= 15 is 0 Å². The van der Waals surface area contributed by atoms with Gasteiger partial charge in [0.2, 0.25) is 0 Å². The molecular formula is C12H10NO5S2. The van der Waals surface area contributed by atoms with Crippen LogP contribution in [0.3, 0.4) is 0 Å². The normalized spacial score (nSPS) is 12.1. The Labute approximate surface area is 116 Å². The Bertz CT molecular complexity index is 797. The van der Waals surface area contributed by atoms with Gasteiger partial charge in [0.1, 0.15) is 0 Å². The molecular weight excluding hydrogens is 302 g/mol.